The van der Waals surface area contributed by atoms with Crippen LogP contribution in [0.4, 0.5) is 8.78 Å². The Morgan fingerprint density at radius 2 is 2.00 bits per heavy atom. The van der Waals surface area contributed by atoms with Crippen molar-refractivity contribution in [3.63, 3.8) is 0 Å². The molecule has 1 aromatic carbocycles. The lowest BCUT2D eigenvalue weighted by Crippen LogP contribution is -2.50. The Labute approximate surface area is 195 Å². The molecule has 0 radical (unpaired) electrons. The number of aromatic nitrogens is 3. The van der Waals surface area contributed by atoms with E-state index in [4.69, 9.17) is 4.74 Å². The molecular weight excluding hydrogens is 442 g/mol. The van der Waals surface area contributed by atoms with Gasteiger partial charge in [0.25, 0.3) is 17.4 Å². The first-order valence-electron chi connectivity index (χ1n) is 11.4. The number of hydrogen-bond donors (Lipinski definition) is 0. The Hall–Kier alpha value is -3.49. The van der Waals surface area contributed by atoms with Gasteiger partial charge < -0.3 is 18.8 Å². The number of nitrogens with zero attached hydrogens (tertiary/aromatic N) is 4. The van der Waals surface area contributed by atoms with Gasteiger partial charge in [-0.2, -0.15) is 0 Å². The molecule has 34 heavy (non-hydrogen) atoms. The molecule has 0 saturated heterocycles. The highest BCUT2D eigenvalue weighted by atomic mass is 19.3. The lowest BCUT2D eigenvalue weighted by atomic mass is 9.88. The van der Waals surface area contributed by atoms with Crippen molar-refractivity contribution in [2.45, 2.75) is 51.6 Å². The van der Waals surface area contributed by atoms with Gasteiger partial charge in [-0.3, -0.25) is 9.59 Å². The molecule has 0 saturated carbocycles. The van der Waals surface area contributed by atoms with Gasteiger partial charge in [0.2, 0.25) is 0 Å². The molecule has 7 nitrogen and oxygen atoms in total. The number of carbonyl (C=O) groups is 1. The number of aryl methyl sites for hydroxylation is 2. The SMILES string of the molecule is Cc1cn(-c2ccc3n(c2=O)CCN([C@@H](C)COc2cccc4c2C(F)(F)CCC4)C3=O)cn1. The van der Waals surface area contributed by atoms with E-state index in [1.165, 1.54) is 4.57 Å². The molecular formula is C25H26F2N4O3. The number of amides is 1. The number of ether oxygens (including phenoxy) is 1. The van der Waals surface area contributed by atoms with Crippen molar-refractivity contribution in [3.8, 4) is 11.4 Å². The van der Waals surface area contributed by atoms with Crippen LogP contribution in [0, 0.1) is 6.92 Å². The average molecular weight is 469 g/mol. The minimum Gasteiger partial charge on any atom is -0.491 e. The number of rotatable bonds is 5. The molecule has 178 valence electrons. The summed E-state index contributed by atoms with van der Waals surface area (Å²) in [6, 6.07) is 7.92. The molecule has 1 aliphatic carbocycles. The van der Waals surface area contributed by atoms with Gasteiger partial charge in [-0.25, -0.2) is 13.8 Å². The van der Waals surface area contributed by atoms with Gasteiger partial charge in [0.1, 0.15) is 23.7 Å². The predicted octanol–water partition coefficient (Wildman–Crippen LogP) is 3.69. The fraction of sp³-hybridized carbons (Fsp3) is 0.400. The van der Waals surface area contributed by atoms with E-state index in [9.17, 15) is 18.4 Å². The molecule has 0 spiro atoms. The van der Waals surface area contributed by atoms with Crippen LogP contribution in [-0.4, -0.2) is 44.1 Å². The molecule has 1 atom stereocenters. The first-order chi connectivity index (χ1) is 16.3. The van der Waals surface area contributed by atoms with Crippen LogP contribution >= 0.6 is 0 Å². The summed E-state index contributed by atoms with van der Waals surface area (Å²) in [4.78, 5) is 32.0. The molecule has 0 fully saturated rings. The topological polar surface area (TPSA) is 69.4 Å². The normalized spacial score (nSPS) is 17.8. The maximum absolute atomic E-state index is 14.6. The van der Waals surface area contributed by atoms with E-state index in [-0.39, 0.29) is 41.8 Å². The van der Waals surface area contributed by atoms with Crippen molar-refractivity contribution in [2.75, 3.05) is 13.2 Å². The van der Waals surface area contributed by atoms with Crippen LogP contribution in [0.3, 0.4) is 0 Å². The lowest BCUT2D eigenvalue weighted by molar-refractivity contribution is -0.0247. The van der Waals surface area contributed by atoms with Gasteiger partial charge in [-0.1, -0.05) is 12.1 Å². The number of pyridine rings is 1. The molecule has 1 aliphatic heterocycles. The van der Waals surface area contributed by atoms with Gasteiger partial charge >= 0.3 is 0 Å². The van der Waals surface area contributed by atoms with E-state index < -0.39 is 5.92 Å². The van der Waals surface area contributed by atoms with Gasteiger partial charge in [0.05, 0.1) is 23.6 Å². The molecule has 2 aliphatic rings. The molecule has 0 N–H and O–H groups in total. The number of hydrogen-bond acceptors (Lipinski definition) is 4. The molecule has 3 heterocycles. The third-order valence-electron chi connectivity index (χ3n) is 6.62. The highest BCUT2D eigenvalue weighted by Crippen LogP contribution is 2.44. The van der Waals surface area contributed by atoms with Crippen molar-refractivity contribution in [1.82, 2.24) is 19.0 Å². The van der Waals surface area contributed by atoms with Crippen LogP contribution in [-0.2, 0) is 18.9 Å². The molecule has 3 aromatic rings. The van der Waals surface area contributed by atoms with Gasteiger partial charge in [0.15, 0.2) is 0 Å². The van der Waals surface area contributed by atoms with E-state index >= 15 is 0 Å². The molecule has 2 aromatic heterocycles. The van der Waals surface area contributed by atoms with E-state index in [1.54, 1.807) is 52.3 Å². The zero-order chi connectivity index (χ0) is 24.0. The summed E-state index contributed by atoms with van der Waals surface area (Å²) in [5.41, 5.74) is 1.84. The summed E-state index contributed by atoms with van der Waals surface area (Å²) in [6.07, 6.45) is 4.19. The third-order valence-corrected chi connectivity index (χ3v) is 6.62. The fourth-order valence-electron chi connectivity index (χ4n) is 4.85. The minimum atomic E-state index is -2.92. The second kappa shape index (κ2) is 8.38. The van der Waals surface area contributed by atoms with Crippen LogP contribution in [0.15, 0.2) is 47.7 Å². The Kier molecular flexibility index (Phi) is 5.50. The summed E-state index contributed by atoms with van der Waals surface area (Å²) in [6.45, 7) is 4.40. The first kappa shape index (κ1) is 22.3. The smallest absolute Gasteiger partial charge is 0.277 e. The predicted molar refractivity (Wildman–Crippen MR) is 122 cm³/mol. The summed E-state index contributed by atoms with van der Waals surface area (Å²) in [5.74, 6) is -3.02. The second-order valence-corrected chi connectivity index (χ2v) is 8.99. The van der Waals surface area contributed by atoms with Crippen molar-refractivity contribution < 1.29 is 18.3 Å². The summed E-state index contributed by atoms with van der Waals surface area (Å²) < 4.78 is 38.1. The Morgan fingerprint density at radius 3 is 2.76 bits per heavy atom. The van der Waals surface area contributed by atoms with E-state index in [0.717, 1.165) is 5.69 Å². The zero-order valence-corrected chi connectivity index (χ0v) is 19.1. The summed E-state index contributed by atoms with van der Waals surface area (Å²) >= 11 is 0. The second-order valence-electron chi connectivity index (χ2n) is 8.99. The van der Waals surface area contributed by atoms with Crippen molar-refractivity contribution in [1.29, 1.82) is 0 Å². The van der Waals surface area contributed by atoms with Crippen molar-refractivity contribution in [2.24, 2.45) is 0 Å². The number of halogens is 2. The fourth-order valence-corrected chi connectivity index (χ4v) is 4.85. The molecule has 0 bridgehead atoms. The third kappa shape index (κ3) is 3.78. The highest BCUT2D eigenvalue weighted by molar-refractivity contribution is 5.93. The monoisotopic (exact) mass is 468 g/mol. The van der Waals surface area contributed by atoms with Crippen LogP contribution in [0.1, 0.15) is 47.1 Å². The highest BCUT2D eigenvalue weighted by Gasteiger charge is 2.39. The van der Waals surface area contributed by atoms with Gasteiger partial charge in [0, 0.05) is 25.7 Å². The maximum Gasteiger partial charge on any atom is 0.277 e. The Balaban J connectivity index is 1.34. The van der Waals surface area contributed by atoms with Crippen LogP contribution in [0.5, 0.6) is 5.75 Å². The number of imidazole rings is 1. The maximum atomic E-state index is 14.6. The largest absolute Gasteiger partial charge is 0.491 e. The lowest BCUT2D eigenvalue weighted by Gasteiger charge is -2.34. The van der Waals surface area contributed by atoms with Crippen LogP contribution < -0.4 is 10.3 Å². The van der Waals surface area contributed by atoms with E-state index in [0.29, 0.717) is 42.9 Å². The molecule has 0 unspecified atom stereocenters. The standard InChI is InChI=1S/C25H26F2N4O3/c1-16-13-29(15-28-16)19-8-9-20-24(33)30(11-12-31(20)23(19)32)17(2)14-34-21-7-3-5-18-6-4-10-25(26,27)22(18)21/h3,5,7-9,13,15,17H,4,6,10-12,14H2,1-2H3/t17-/m0/s1. The van der Waals surface area contributed by atoms with E-state index in [2.05, 4.69) is 4.98 Å². The number of alkyl halides is 2. The van der Waals surface area contributed by atoms with E-state index in [1.807, 2.05) is 13.8 Å². The van der Waals surface area contributed by atoms with Gasteiger partial charge in [-0.15, -0.1) is 0 Å². The molecule has 1 amide bonds. The summed E-state index contributed by atoms with van der Waals surface area (Å²) in [5, 5.41) is 0. The molecule has 5 rings (SSSR count). The zero-order valence-electron chi connectivity index (χ0n) is 19.1. The van der Waals surface area contributed by atoms with Crippen LogP contribution in [0.2, 0.25) is 0 Å². The minimum absolute atomic E-state index is 0.0300. The Bertz CT molecular complexity index is 1310. The number of fused-ring (bicyclic) bond motifs is 2. The Morgan fingerprint density at radius 1 is 1.18 bits per heavy atom. The average Bonchev–Trinajstić information content (AvgIpc) is 3.24. The molecule has 9 heteroatoms. The van der Waals surface area contributed by atoms with Gasteiger partial charge in [-0.05, 0) is 50.5 Å². The number of carbonyl (C=O) groups excluding carboxylic acids is 1. The van der Waals surface area contributed by atoms with Crippen molar-refractivity contribution >= 4 is 5.91 Å². The summed E-state index contributed by atoms with van der Waals surface area (Å²) in [7, 11) is 0. The van der Waals surface area contributed by atoms with Crippen molar-refractivity contribution in [3.05, 3.63) is 75.7 Å². The number of benzene rings is 1. The van der Waals surface area contributed by atoms with Crippen LogP contribution in [0.25, 0.3) is 5.69 Å². The quantitative estimate of drug-likeness (QED) is 0.573. The first-order valence-corrected chi connectivity index (χ1v) is 11.4.